The molecule has 0 unspecified atom stereocenters. The van der Waals surface area contributed by atoms with E-state index in [1.165, 1.54) is 13.3 Å². The molecular formula is C24H30N4O3. The van der Waals surface area contributed by atoms with Crippen LogP contribution in [-0.4, -0.2) is 47.4 Å². The number of furan rings is 1. The summed E-state index contributed by atoms with van der Waals surface area (Å²) in [5, 5.41) is 6.95. The van der Waals surface area contributed by atoms with Crippen LogP contribution < -0.4 is 10.6 Å². The van der Waals surface area contributed by atoms with Gasteiger partial charge in [-0.3, -0.25) is 14.5 Å². The van der Waals surface area contributed by atoms with Crippen LogP contribution in [0.1, 0.15) is 43.6 Å². The van der Waals surface area contributed by atoms with Crippen LogP contribution >= 0.6 is 0 Å². The fourth-order valence-corrected chi connectivity index (χ4v) is 4.42. The molecule has 2 atom stereocenters. The molecule has 0 spiro atoms. The van der Waals surface area contributed by atoms with E-state index in [9.17, 15) is 9.59 Å². The second kappa shape index (κ2) is 9.83. The van der Waals surface area contributed by atoms with E-state index in [4.69, 9.17) is 4.42 Å². The molecule has 2 aromatic heterocycles. The van der Waals surface area contributed by atoms with Gasteiger partial charge in [-0.2, -0.15) is 0 Å². The molecule has 1 saturated heterocycles. The van der Waals surface area contributed by atoms with Gasteiger partial charge in [0, 0.05) is 37.0 Å². The maximum atomic E-state index is 13.1. The molecule has 3 N–H and O–H groups in total. The molecule has 0 saturated carbocycles. The molecule has 1 fully saturated rings. The molecule has 1 aliphatic heterocycles. The Morgan fingerprint density at radius 3 is 2.68 bits per heavy atom. The minimum Gasteiger partial charge on any atom is -0.468 e. The summed E-state index contributed by atoms with van der Waals surface area (Å²) >= 11 is 0. The number of para-hydroxylation sites is 1. The summed E-state index contributed by atoms with van der Waals surface area (Å²) in [6, 6.07) is 11.1. The van der Waals surface area contributed by atoms with E-state index in [1.807, 2.05) is 42.6 Å². The number of carbonyl (C=O) groups excluding carboxylic acids is 2. The van der Waals surface area contributed by atoms with Crippen molar-refractivity contribution in [3.8, 4) is 0 Å². The number of hydrogen-bond donors (Lipinski definition) is 3. The molecule has 3 heterocycles. The largest absolute Gasteiger partial charge is 0.468 e. The molecule has 2 amide bonds. The van der Waals surface area contributed by atoms with Gasteiger partial charge < -0.3 is 20.0 Å². The maximum absolute atomic E-state index is 13.1. The first-order valence-electron chi connectivity index (χ1n) is 11.0. The topological polar surface area (TPSA) is 90.4 Å². The lowest BCUT2D eigenvalue weighted by Gasteiger charge is -2.33. The minimum atomic E-state index is -0.643. The Hall–Kier alpha value is -3.06. The number of nitrogens with zero attached hydrogens (tertiary/aromatic N) is 1. The highest BCUT2D eigenvalue weighted by atomic mass is 16.3. The number of fused-ring (bicyclic) bond motifs is 1. The number of amides is 2. The zero-order valence-corrected chi connectivity index (χ0v) is 17.9. The molecule has 3 aromatic rings. The number of nitrogens with one attached hydrogen (secondary N) is 3. The third-order valence-electron chi connectivity index (χ3n) is 5.97. The molecule has 7 heteroatoms. The van der Waals surface area contributed by atoms with E-state index in [2.05, 4.69) is 20.5 Å². The molecule has 0 radical (unpaired) electrons. The van der Waals surface area contributed by atoms with Gasteiger partial charge in [0.15, 0.2) is 0 Å². The molecule has 0 aliphatic carbocycles. The van der Waals surface area contributed by atoms with Crippen molar-refractivity contribution in [1.82, 2.24) is 20.5 Å². The number of hydrogen-bond acceptors (Lipinski definition) is 4. The van der Waals surface area contributed by atoms with E-state index in [1.54, 1.807) is 6.26 Å². The van der Waals surface area contributed by atoms with E-state index in [-0.39, 0.29) is 17.9 Å². The number of benzene rings is 1. The summed E-state index contributed by atoms with van der Waals surface area (Å²) in [4.78, 5) is 30.5. The Morgan fingerprint density at radius 2 is 1.94 bits per heavy atom. The van der Waals surface area contributed by atoms with Crippen molar-refractivity contribution in [2.75, 3.05) is 19.6 Å². The number of aromatic nitrogens is 1. The Kier molecular flexibility index (Phi) is 6.72. The van der Waals surface area contributed by atoms with Crippen molar-refractivity contribution >= 4 is 22.7 Å². The predicted molar refractivity (Wildman–Crippen MR) is 119 cm³/mol. The molecule has 0 bridgehead atoms. The third kappa shape index (κ3) is 5.17. The minimum absolute atomic E-state index is 0.00897. The Balaban J connectivity index is 1.46. The lowest BCUT2D eigenvalue weighted by atomic mass is 10.0. The second-order valence-corrected chi connectivity index (χ2v) is 8.19. The lowest BCUT2D eigenvalue weighted by molar-refractivity contribution is -0.128. The number of piperidine rings is 1. The zero-order chi connectivity index (χ0) is 21.6. The maximum Gasteiger partial charge on any atom is 0.242 e. The van der Waals surface area contributed by atoms with E-state index < -0.39 is 6.04 Å². The van der Waals surface area contributed by atoms with E-state index in [0.29, 0.717) is 13.0 Å². The van der Waals surface area contributed by atoms with Crippen molar-refractivity contribution in [2.24, 2.45) is 0 Å². The Labute approximate surface area is 182 Å². The number of aromatic amines is 1. The first-order valence-corrected chi connectivity index (χ1v) is 11.0. The zero-order valence-electron chi connectivity index (χ0n) is 17.9. The molecule has 4 rings (SSSR count). The standard InChI is InChI=1S/C24H30N4O3/c1-17(29)27-21(14-18-15-25-20-9-4-3-8-19(18)20)24(30)26-16-22(23-10-7-13-31-23)28-11-5-2-6-12-28/h3-4,7-10,13,15,21-22,25H,2,5-6,11-12,14,16H2,1H3,(H,26,30)(H,27,29)/t21-,22+/m1/s1. The first-order chi connectivity index (χ1) is 15.1. The van der Waals surface area contributed by atoms with Crippen molar-refractivity contribution in [3.63, 3.8) is 0 Å². The fourth-order valence-electron chi connectivity index (χ4n) is 4.42. The average Bonchev–Trinajstić information content (AvgIpc) is 3.44. The summed E-state index contributed by atoms with van der Waals surface area (Å²) < 4.78 is 5.67. The Morgan fingerprint density at radius 1 is 1.13 bits per heavy atom. The van der Waals surface area contributed by atoms with Crippen LogP contribution in [0.2, 0.25) is 0 Å². The SMILES string of the molecule is CC(=O)N[C@H](Cc1c[nH]c2ccccc12)C(=O)NC[C@@H](c1ccco1)N1CCCCC1. The van der Waals surface area contributed by atoms with E-state index >= 15 is 0 Å². The van der Waals surface area contributed by atoms with Gasteiger partial charge >= 0.3 is 0 Å². The summed E-state index contributed by atoms with van der Waals surface area (Å²) in [5.74, 6) is 0.447. The predicted octanol–water partition coefficient (Wildman–Crippen LogP) is 3.15. The van der Waals surface area contributed by atoms with Crippen molar-refractivity contribution in [3.05, 3.63) is 60.2 Å². The molecule has 1 aromatic carbocycles. The van der Waals surface area contributed by atoms with Crippen LogP contribution in [0.15, 0.2) is 53.3 Å². The van der Waals surface area contributed by atoms with Gasteiger partial charge in [-0.15, -0.1) is 0 Å². The van der Waals surface area contributed by atoms with Crippen molar-refractivity contribution in [2.45, 2.75) is 44.7 Å². The van der Waals surface area contributed by atoms with Crippen molar-refractivity contribution in [1.29, 1.82) is 0 Å². The van der Waals surface area contributed by atoms with Gasteiger partial charge in [0.05, 0.1) is 12.3 Å². The molecule has 7 nitrogen and oxygen atoms in total. The highest BCUT2D eigenvalue weighted by molar-refractivity contribution is 5.89. The van der Waals surface area contributed by atoms with Crippen LogP contribution in [0.25, 0.3) is 10.9 Å². The average molecular weight is 423 g/mol. The Bertz CT molecular complexity index is 1000. The summed E-state index contributed by atoms with van der Waals surface area (Å²) in [5.41, 5.74) is 2.02. The van der Waals surface area contributed by atoms with Gasteiger partial charge in [0.25, 0.3) is 0 Å². The van der Waals surface area contributed by atoms with Gasteiger partial charge in [0.1, 0.15) is 11.8 Å². The van der Waals surface area contributed by atoms with Crippen LogP contribution in [0.3, 0.4) is 0 Å². The highest BCUT2D eigenvalue weighted by Crippen LogP contribution is 2.25. The van der Waals surface area contributed by atoms with E-state index in [0.717, 1.165) is 48.2 Å². The number of H-pyrrole nitrogens is 1. The summed E-state index contributed by atoms with van der Waals surface area (Å²) in [6.45, 7) is 3.86. The lowest BCUT2D eigenvalue weighted by Crippen LogP contribution is -2.49. The number of likely N-dealkylation sites (tertiary alicyclic amines) is 1. The summed E-state index contributed by atoms with van der Waals surface area (Å²) in [6.07, 6.45) is 7.55. The van der Waals surface area contributed by atoms with Crippen LogP contribution in [-0.2, 0) is 16.0 Å². The molecule has 1 aliphatic rings. The second-order valence-electron chi connectivity index (χ2n) is 8.19. The van der Waals surface area contributed by atoms with Crippen LogP contribution in [0.4, 0.5) is 0 Å². The monoisotopic (exact) mass is 422 g/mol. The third-order valence-corrected chi connectivity index (χ3v) is 5.97. The highest BCUT2D eigenvalue weighted by Gasteiger charge is 2.27. The van der Waals surface area contributed by atoms with Gasteiger partial charge in [-0.1, -0.05) is 24.6 Å². The number of carbonyl (C=O) groups is 2. The molecule has 164 valence electrons. The normalized spacial score (nSPS) is 16.7. The molecular weight excluding hydrogens is 392 g/mol. The van der Waals surface area contributed by atoms with Crippen LogP contribution in [0, 0.1) is 0 Å². The fraction of sp³-hybridized carbons (Fsp3) is 0.417. The van der Waals surface area contributed by atoms with Crippen LogP contribution in [0.5, 0.6) is 0 Å². The first kappa shape index (κ1) is 21.2. The summed E-state index contributed by atoms with van der Waals surface area (Å²) in [7, 11) is 0. The quantitative estimate of drug-likeness (QED) is 0.520. The van der Waals surface area contributed by atoms with Gasteiger partial charge in [-0.25, -0.2) is 0 Å². The van der Waals surface area contributed by atoms with Gasteiger partial charge in [0.2, 0.25) is 11.8 Å². The number of rotatable bonds is 8. The molecule has 31 heavy (non-hydrogen) atoms. The van der Waals surface area contributed by atoms with Crippen molar-refractivity contribution < 1.29 is 14.0 Å². The van der Waals surface area contributed by atoms with Gasteiger partial charge in [-0.05, 0) is 49.7 Å². The smallest absolute Gasteiger partial charge is 0.242 e.